The molecule has 0 spiro atoms. The third-order valence-electron chi connectivity index (χ3n) is 6.59. The minimum absolute atomic E-state index is 0.00754. The van der Waals surface area contributed by atoms with E-state index >= 15 is 0 Å². The Kier molecular flexibility index (Phi) is 6.58. The van der Waals surface area contributed by atoms with Crippen LogP contribution in [0.4, 0.5) is 8.78 Å². The molecule has 2 aliphatic carbocycles. The van der Waals surface area contributed by atoms with Crippen LogP contribution in [0.2, 0.25) is 0 Å². The zero-order valence-corrected chi connectivity index (χ0v) is 16.5. The van der Waals surface area contributed by atoms with Crippen LogP contribution in [0.3, 0.4) is 0 Å². The molecule has 4 nitrogen and oxygen atoms in total. The van der Waals surface area contributed by atoms with Gasteiger partial charge in [-0.15, -0.1) is 0 Å². The van der Waals surface area contributed by atoms with E-state index in [4.69, 9.17) is 9.84 Å². The van der Waals surface area contributed by atoms with Gasteiger partial charge in [0.1, 0.15) is 0 Å². The molecule has 1 fully saturated rings. The molecule has 28 heavy (non-hydrogen) atoms. The summed E-state index contributed by atoms with van der Waals surface area (Å²) in [5.41, 5.74) is 0.297. The molecule has 1 saturated carbocycles. The summed E-state index contributed by atoms with van der Waals surface area (Å²) in [6, 6.07) is 1.51. The number of aliphatic carboxylic acids is 1. The lowest BCUT2D eigenvalue weighted by Crippen LogP contribution is -2.34. The first-order valence-electron chi connectivity index (χ1n) is 10.4. The summed E-state index contributed by atoms with van der Waals surface area (Å²) in [4.78, 5) is 10.6. The Balaban J connectivity index is 1.87. The molecule has 0 amide bonds. The van der Waals surface area contributed by atoms with Crippen LogP contribution in [-0.4, -0.2) is 22.8 Å². The number of hydrogen-bond donors (Lipinski definition) is 2. The van der Waals surface area contributed by atoms with Crippen LogP contribution in [-0.2, 0) is 11.2 Å². The molecule has 0 radical (unpaired) electrons. The molecular weight excluding hydrogens is 366 g/mol. The third-order valence-corrected chi connectivity index (χ3v) is 6.59. The maximum Gasteiger partial charge on any atom is 0.303 e. The minimum Gasteiger partial charge on any atom is -0.490 e. The highest BCUT2D eigenvalue weighted by atomic mass is 19.2. The summed E-state index contributed by atoms with van der Waals surface area (Å²) in [6.07, 6.45) is 6.72. The molecule has 2 atom stereocenters. The van der Waals surface area contributed by atoms with Gasteiger partial charge in [0.05, 0.1) is 12.7 Å². The van der Waals surface area contributed by atoms with Gasteiger partial charge in [0.25, 0.3) is 0 Å². The van der Waals surface area contributed by atoms with Crippen LogP contribution in [0.15, 0.2) is 6.07 Å². The highest BCUT2D eigenvalue weighted by molar-refractivity contribution is 5.66. The Morgan fingerprint density at radius 1 is 1.25 bits per heavy atom. The number of halogens is 2. The number of benzene rings is 1. The van der Waals surface area contributed by atoms with Gasteiger partial charge in [-0.1, -0.05) is 32.6 Å². The topological polar surface area (TPSA) is 66.8 Å². The predicted molar refractivity (Wildman–Crippen MR) is 101 cm³/mol. The Labute approximate surface area is 164 Å². The summed E-state index contributed by atoms with van der Waals surface area (Å²) in [5, 5.41) is 19.8. The van der Waals surface area contributed by atoms with Crippen molar-refractivity contribution >= 4 is 5.97 Å². The van der Waals surface area contributed by atoms with E-state index in [0.717, 1.165) is 44.9 Å². The number of rotatable bonds is 9. The SMILES string of the molecule is CCCCC1(C2CCCC2)Cc2cc(OCCCC(=O)O)c(F)c(F)c2C1O. The molecule has 6 heteroatoms. The lowest BCUT2D eigenvalue weighted by Gasteiger charge is -2.39. The number of carbonyl (C=O) groups is 1. The summed E-state index contributed by atoms with van der Waals surface area (Å²) < 4.78 is 34.8. The predicted octanol–water partition coefficient (Wildman–Crippen LogP) is 5.16. The molecule has 0 bridgehead atoms. The molecule has 1 aromatic rings. The van der Waals surface area contributed by atoms with E-state index < -0.39 is 29.1 Å². The smallest absolute Gasteiger partial charge is 0.303 e. The van der Waals surface area contributed by atoms with Gasteiger partial charge in [0.2, 0.25) is 5.82 Å². The fourth-order valence-corrected chi connectivity index (χ4v) is 5.16. The van der Waals surface area contributed by atoms with Crippen LogP contribution in [0, 0.1) is 23.0 Å². The maximum atomic E-state index is 14.9. The lowest BCUT2D eigenvalue weighted by molar-refractivity contribution is -0.137. The van der Waals surface area contributed by atoms with Crippen LogP contribution in [0.1, 0.15) is 81.9 Å². The van der Waals surface area contributed by atoms with Gasteiger partial charge in [-0.05, 0) is 49.7 Å². The second-order valence-electron chi connectivity index (χ2n) is 8.32. The zero-order chi connectivity index (χ0) is 20.3. The van der Waals surface area contributed by atoms with Crippen molar-refractivity contribution in [2.45, 2.75) is 77.2 Å². The summed E-state index contributed by atoms with van der Waals surface area (Å²) in [7, 11) is 0. The molecule has 2 aliphatic rings. The first-order valence-corrected chi connectivity index (χ1v) is 10.4. The van der Waals surface area contributed by atoms with Crippen molar-refractivity contribution in [1.29, 1.82) is 0 Å². The van der Waals surface area contributed by atoms with Gasteiger partial charge < -0.3 is 14.9 Å². The van der Waals surface area contributed by atoms with Gasteiger partial charge in [-0.3, -0.25) is 4.79 Å². The summed E-state index contributed by atoms with van der Waals surface area (Å²) in [5.74, 6) is -2.93. The fourth-order valence-electron chi connectivity index (χ4n) is 5.16. The third kappa shape index (κ3) is 3.88. The second-order valence-corrected chi connectivity index (χ2v) is 8.32. The Morgan fingerprint density at radius 2 is 1.96 bits per heavy atom. The molecule has 2 unspecified atom stereocenters. The Bertz CT molecular complexity index is 715. The number of unbranched alkanes of at least 4 members (excludes halogenated alkanes) is 1. The zero-order valence-electron chi connectivity index (χ0n) is 16.5. The molecule has 0 aromatic heterocycles. The van der Waals surface area contributed by atoms with E-state index in [-0.39, 0.29) is 30.8 Å². The van der Waals surface area contributed by atoms with Gasteiger partial charge in [-0.2, -0.15) is 4.39 Å². The minimum atomic E-state index is -1.09. The molecule has 0 heterocycles. The average Bonchev–Trinajstić information content (AvgIpc) is 3.28. The summed E-state index contributed by atoms with van der Waals surface area (Å²) >= 11 is 0. The van der Waals surface area contributed by atoms with Crippen molar-refractivity contribution in [3.63, 3.8) is 0 Å². The van der Waals surface area contributed by atoms with Crippen molar-refractivity contribution < 1.29 is 28.5 Å². The highest BCUT2D eigenvalue weighted by Gasteiger charge is 2.52. The number of fused-ring (bicyclic) bond motifs is 1. The lowest BCUT2D eigenvalue weighted by atomic mass is 9.67. The van der Waals surface area contributed by atoms with Crippen molar-refractivity contribution in [3.05, 3.63) is 28.8 Å². The number of ether oxygens (including phenoxy) is 1. The largest absolute Gasteiger partial charge is 0.490 e. The second kappa shape index (κ2) is 8.76. The van der Waals surface area contributed by atoms with Crippen molar-refractivity contribution in [2.75, 3.05) is 6.61 Å². The van der Waals surface area contributed by atoms with E-state index in [1.165, 1.54) is 6.07 Å². The van der Waals surface area contributed by atoms with Crippen LogP contribution < -0.4 is 4.74 Å². The van der Waals surface area contributed by atoms with Crippen molar-refractivity contribution in [2.24, 2.45) is 11.3 Å². The number of aliphatic hydroxyl groups excluding tert-OH is 1. The van der Waals surface area contributed by atoms with Crippen LogP contribution in [0.25, 0.3) is 0 Å². The number of aliphatic hydroxyl groups is 1. The van der Waals surface area contributed by atoms with Crippen LogP contribution in [0.5, 0.6) is 5.75 Å². The highest BCUT2D eigenvalue weighted by Crippen LogP contribution is 2.58. The number of carboxylic acid groups (broad SMARTS) is 1. The van der Waals surface area contributed by atoms with E-state index in [1.807, 2.05) is 0 Å². The quantitative estimate of drug-likeness (QED) is 0.566. The molecule has 156 valence electrons. The van der Waals surface area contributed by atoms with E-state index in [2.05, 4.69) is 6.92 Å². The molecule has 3 rings (SSSR count). The molecular formula is C22H30F2O4. The maximum absolute atomic E-state index is 14.9. The normalized spacial score (nSPS) is 24.5. The van der Waals surface area contributed by atoms with Crippen molar-refractivity contribution in [3.8, 4) is 5.75 Å². The standard InChI is InChI=1S/C22H30F2O4/c1-2-3-10-22(15-7-4-5-8-15)13-14-12-16(28-11-6-9-17(25)26)19(23)20(24)18(14)21(22)27/h12,15,21,27H,2-11,13H2,1H3,(H,25,26). The van der Waals surface area contributed by atoms with E-state index in [9.17, 15) is 18.7 Å². The average molecular weight is 396 g/mol. The molecule has 2 N–H and O–H groups in total. The molecule has 0 aliphatic heterocycles. The Hall–Kier alpha value is -1.69. The van der Waals surface area contributed by atoms with Crippen molar-refractivity contribution in [1.82, 2.24) is 0 Å². The van der Waals surface area contributed by atoms with Gasteiger partial charge in [0.15, 0.2) is 11.6 Å². The van der Waals surface area contributed by atoms with E-state index in [1.54, 1.807) is 0 Å². The molecule has 0 saturated heterocycles. The number of hydrogen-bond acceptors (Lipinski definition) is 3. The molecule has 1 aromatic carbocycles. The van der Waals surface area contributed by atoms with Gasteiger partial charge in [-0.25, -0.2) is 4.39 Å². The van der Waals surface area contributed by atoms with Crippen LogP contribution >= 0.6 is 0 Å². The van der Waals surface area contributed by atoms with Gasteiger partial charge in [0, 0.05) is 17.4 Å². The monoisotopic (exact) mass is 396 g/mol. The summed E-state index contributed by atoms with van der Waals surface area (Å²) in [6.45, 7) is 2.10. The van der Waals surface area contributed by atoms with Gasteiger partial charge >= 0.3 is 5.97 Å². The fraction of sp³-hybridized carbons (Fsp3) is 0.682. The Morgan fingerprint density at radius 3 is 2.61 bits per heavy atom. The first-order chi connectivity index (χ1) is 13.4. The number of carboxylic acids is 1. The van der Waals surface area contributed by atoms with E-state index in [0.29, 0.717) is 17.9 Å². The first kappa shape index (κ1) is 21.0.